The second-order valence-electron chi connectivity index (χ2n) is 6.58. The van der Waals surface area contributed by atoms with Gasteiger partial charge in [-0.3, -0.25) is 14.7 Å². The van der Waals surface area contributed by atoms with E-state index in [1.165, 1.54) is 5.56 Å². The molecule has 0 bridgehead atoms. The molecule has 0 spiro atoms. The van der Waals surface area contributed by atoms with Gasteiger partial charge in [0.1, 0.15) is 5.75 Å². The number of aromatic nitrogens is 1. The number of piperidine rings is 1. The molecule has 2 aromatic rings. The molecule has 132 valence electrons. The number of carbonyl (C=O) groups excluding carboxylic acids is 1. The Bertz CT molecular complexity index is 710. The van der Waals surface area contributed by atoms with Gasteiger partial charge in [0, 0.05) is 38.1 Å². The number of likely N-dealkylation sites (tertiary alicyclic amines) is 1. The van der Waals surface area contributed by atoms with E-state index in [9.17, 15) is 9.90 Å². The first-order valence-electron chi connectivity index (χ1n) is 8.89. The number of hydrogen-bond donors (Lipinski definition) is 2. The molecule has 3 rings (SSSR count). The van der Waals surface area contributed by atoms with Gasteiger partial charge in [-0.05, 0) is 54.7 Å². The van der Waals surface area contributed by atoms with Gasteiger partial charge in [-0.2, -0.15) is 0 Å². The highest BCUT2D eigenvalue weighted by Gasteiger charge is 2.22. The summed E-state index contributed by atoms with van der Waals surface area (Å²) >= 11 is 0. The monoisotopic (exact) mass is 339 g/mol. The number of aryl methyl sites for hydroxylation is 1. The maximum Gasteiger partial charge on any atom is 0.255 e. The van der Waals surface area contributed by atoms with Gasteiger partial charge in [0.25, 0.3) is 5.91 Å². The van der Waals surface area contributed by atoms with E-state index in [0.717, 1.165) is 44.5 Å². The summed E-state index contributed by atoms with van der Waals surface area (Å²) in [6, 6.07) is 9.47. The molecule has 0 radical (unpaired) electrons. The molecule has 1 aromatic carbocycles. The van der Waals surface area contributed by atoms with E-state index in [2.05, 4.69) is 15.2 Å². The maximum atomic E-state index is 12.5. The van der Waals surface area contributed by atoms with Crippen LogP contribution in [-0.2, 0) is 13.0 Å². The predicted molar refractivity (Wildman–Crippen MR) is 97.5 cm³/mol. The van der Waals surface area contributed by atoms with E-state index in [1.54, 1.807) is 12.1 Å². The van der Waals surface area contributed by atoms with Gasteiger partial charge in [-0.15, -0.1) is 0 Å². The fourth-order valence-electron chi connectivity index (χ4n) is 3.23. The lowest BCUT2D eigenvalue weighted by atomic mass is 10.0. The fourth-order valence-corrected chi connectivity index (χ4v) is 3.23. The molecule has 0 saturated carbocycles. The topological polar surface area (TPSA) is 65.5 Å². The third-order valence-electron chi connectivity index (χ3n) is 4.79. The summed E-state index contributed by atoms with van der Waals surface area (Å²) in [6.45, 7) is 4.86. The smallest absolute Gasteiger partial charge is 0.255 e. The van der Waals surface area contributed by atoms with Crippen molar-refractivity contribution in [2.45, 2.75) is 38.8 Å². The van der Waals surface area contributed by atoms with Crippen LogP contribution >= 0.6 is 0 Å². The minimum atomic E-state index is -0.180. The van der Waals surface area contributed by atoms with Crippen LogP contribution in [0, 0.1) is 0 Å². The summed E-state index contributed by atoms with van der Waals surface area (Å²) in [5.41, 5.74) is 2.69. The number of nitrogens with one attached hydrogen (secondary N) is 1. The Labute approximate surface area is 148 Å². The number of phenolic OH excluding ortho intramolecular Hbond substituents is 1. The van der Waals surface area contributed by atoms with Crippen LogP contribution in [0.5, 0.6) is 5.75 Å². The number of hydrogen-bond acceptors (Lipinski definition) is 4. The number of benzene rings is 1. The summed E-state index contributed by atoms with van der Waals surface area (Å²) in [4.78, 5) is 18.9. The maximum absolute atomic E-state index is 12.5. The molecule has 1 aliphatic rings. The largest absolute Gasteiger partial charge is 0.507 e. The first kappa shape index (κ1) is 17.4. The summed E-state index contributed by atoms with van der Waals surface area (Å²) in [6.07, 6.45) is 6.32. The summed E-state index contributed by atoms with van der Waals surface area (Å²) in [5.74, 6) is -0.134. The fraction of sp³-hybridized carbons (Fsp3) is 0.400. The number of pyridine rings is 1. The van der Waals surface area contributed by atoms with Gasteiger partial charge in [0.05, 0.1) is 5.56 Å². The first-order chi connectivity index (χ1) is 12.2. The van der Waals surface area contributed by atoms with Crippen LogP contribution in [0.1, 0.15) is 41.3 Å². The van der Waals surface area contributed by atoms with Crippen molar-refractivity contribution in [1.29, 1.82) is 0 Å². The molecular weight excluding hydrogens is 314 g/mol. The van der Waals surface area contributed by atoms with Crippen LogP contribution in [0.25, 0.3) is 0 Å². The summed E-state index contributed by atoms with van der Waals surface area (Å²) < 4.78 is 0. The SMILES string of the molecule is CCc1ccc(O)c(C(=O)NC2CCN(Cc3ccncc3)CC2)c1. The summed E-state index contributed by atoms with van der Waals surface area (Å²) in [7, 11) is 0. The van der Waals surface area contributed by atoms with Crippen molar-refractivity contribution in [3.63, 3.8) is 0 Å². The van der Waals surface area contributed by atoms with E-state index in [4.69, 9.17) is 0 Å². The van der Waals surface area contributed by atoms with Crippen LogP contribution in [0.15, 0.2) is 42.7 Å². The highest BCUT2D eigenvalue weighted by atomic mass is 16.3. The predicted octanol–water partition coefficient (Wildman–Crippen LogP) is 2.74. The number of nitrogens with zero attached hydrogens (tertiary/aromatic N) is 2. The Morgan fingerprint density at radius 1 is 1.20 bits per heavy atom. The minimum absolute atomic E-state index is 0.0461. The lowest BCUT2D eigenvalue weighted by Gasteiger charge is -2.32. The lowest BCUT2D eigenvalue weighted by Crippen LogP contribution is -2.44. The van der Waals surface area contributed by atoms with E-state index in [0.29, 0.717) is 5.56 Å². The third kappa shape index (κ3) is 4.57. The van der Waals surface area contributed by atoms with Gasteiger partial charge in [-0.25, -0.2) is 0 Å². The van der Waals surface area contributed by atoms with Gasteiger partial charge >= 0.3 is 0 Å². The summed E-state index contributed by atoms with van der Waals surface area (Å²) in [5, 5.41) is 13.0. The zero-order valence-electron chi connectivity index (χ0n) is 14.6. The quantitative estimate of drug-likeness (QED) is 0.879. The Hall–Kier alpha value is -2.40. The van der Waals surface area contributed by atoms with Crippen molar-refractivity contribution in [2.24, 2.45) is 0 Å². The zero-order chi connectivity index (χ0) is 17.6. The average molecular weight is 339 g/mol. The number of aromatic hydroxyl groups is 1. The zero-order valence-corrected chi connectivity index (χ0v) is 14.6. The van der Waals surface area contributed by atoms with Gasteiger partial charge < -0.3 is 10.4 Å². The van der Waals surface area contributed by atoms with Crippen LogP contribution in [-0.4, -0.2) is 40.0 Å². The standard InChI is InChI=1S/C20H25N3O2/c1-2-15-3-4-19(24)18(13-15)20(25)22-17-7-11-23(12-8-17)14-16-5-9-21-10-6-16/h3-6,9-10,13,17,24H,2,7-8,11-12,14H2,1H3,(H,22,25). The van der Waals surface area contributed by atoms with Gasteiger partial charge in [-0.1, -0.05) is 13.0 Å². The Balaban J connectivity index is 1.53. The van der Waals surface area contributed by atoms with Crippen molar-refractivity contribution in [1.82, 2.24) is 15.2 Å². The van der Waals surface area contributed by atoms with Crippen LogP contribution in [0.3, 0.4) is 0 Å². The van der Waals surface area contributed by atoms with Crippen molar-refractivity contribution in [2.75, 3.05) is 13.1 Å². The highest BCUT2D eigenvalue weighted by Crippen LogP contribution is 2.20. The van der Waals surface area contributed by atoms with Crippen molar-refractivity contribution in [3.8, 4) is 5.75 Å². The second-order valence-corrected chi connectivity index (χ2v) is 6.58. The minimum Gasteiger partial charge on any atom is -0.507 e. The Morgan fingerprint density at radius 2 is 1.92 bits per heavy atom. The van der Waals surface area contributed by atoms with E-state index in [-0.39, 0.29) is 17.7 Å². The molecule has 1 fully saturated rings. The van der Waals surface area contributed by atoms with Crippen molar-refractivity contribution < 1.29 is 9.90 Å². The first-order valence-corrected chi connectivity index (χ1v) is 8.89. The molecule has 5 nitrogen and oxygen atoms in total. The van der Waals surface area contributed by atoms with E-state index in [1.807, 2.05) is 37.5 Å². The number of amides is 1. The molecule has 1 amide bonds. The van der Waals surface area contributed by atoms with Crippen molar-refractivity contribution >= 4 is 5.91 Å². The van der Waals surface area contributed by atoms with Gasteiger partial charge in [0.15, 0.2) is 0 Å². The Morgan fingerprint density at radius 3 is 2.60 bits per heavy atom. The molecule has 1 aromatic heterocycles. The molecule has 1 aliphatic heterocycles. The molecule has 0 aliphatic carbocycles. The van der Waals surface area contributed by atoms with E-state index >= 15 is 0 Å². The molecule has 5 heteroatoms. The van der Waals surface area contributed by atoms with E-state index < -0.39 is 0 Å². The van der Waals surface area contributed by atoms with Crippen molar-refractivity contribution in [3.05, 3.63) is 59.4 Å². The number of carbonyl (C=O) groups is 1. The normalized spacial score (nSPS) is 15.9. The van der Waals surface area contributed by atoms with Crippen LogP contribution in [0.4, 0.5) is 0 Å². The van der Waals surface area contributed by atoms with Crippen LogP contribution in [0.2, 0.25) is 0 Å². The molecule has 2 heterocycles. The molecule has 0 atom stereocenters. The average Bonchev–Trinajstić information content (AvgIpc) is 2.64. The molecule has 25 heavy (non-hydrogen) atoms. The highest BCUT2D eigenvalue weighted by molar-refractivity contribution is 5.97. The Kier molecular flexibility index (Phi) is 5.66. The third-order valence-corrected chi connectivity index (χ3v) is 4.79. The molecule has 2 N–H and O–H groups in total. The van der Waals surface area contributed by atoms with Gasteiger partial charge in [0.2, 0.25) is 0 Å². The van der Waals surface area contributed by atoms with Crippen LogP contribution < -0.4 is 5.32 Å². The number of rotatable bonds is 5. The number of phenols is 1. The molecular formula is C20H25N3O2. The molecule has 0 unspecified atom stereocenters. The molecule has 1 saturated heterocycles. The second kappa shape index (κ2) is 8.12. The lowest BCUT2D eigenvalue weighted by molar-refractivity contribution is 0.0906.